The number of benzene rings is 2. The Labute approximate surface area is 211 Å². The van der Waals surface area contributed by atoms with Gasteiger partial charge in [-0.3, -0.25) is 9.29 Å². The van der Waals surface area contributed by atoms with Gasteiger partial charge in [0.15, 0.2) is 0 Å². The zero-order chi connectivity index (χ0) is 24.5. The first-order valence-corrected chi connectivity index (χ1v) is 12.2. The molecule has 9 heteroatoms. The number of anilines is 1. The maximum absolute atomic E-state index is 13.8. The molecule has 0 aliphatic carbocycles. The summed E-state index contributed by atoms with van der Waals surface area (Å²) < 4.78 is 49.7. The van der Waals surface area contributed by atoms with Gasteiger partial charge < -0.3 is 9.30 Å². The number of hydrogen-bond donors (Lipinski definition) is 0. The fraction of sp³-hybridized carbons (Fsp3) is 0.192. The van der Waals surface area contributed by atoms with Gasteiger partial charge in [0.1, 0.15) is 11.6 Å². The minimum Gasteiger partial charge on any atom is -0.497 e. The molecule has 0 amide bonds. The van der Waals surface area contributed by atoms with Crippen LogP contribution in [0, 0.1) is 19.7 Å². The largest absolute Gasteiger partial charge is 0.497 e. The molecule has 0 unspecified atom stereocenters. The van der Waals surface area contributed by atoms with Gasteiger partial charge in [-0.05, 0) is 74.0 Å². The van der Waals surface area contributed by atoms with Crippen molar-refractivity contribution in [2.45, 2.75) is 31.8 Å². The molecule has 4 aromatic rings. The standard InChI is InChI=1S/C26H26FN3O3S.ClH/c1-5-16-29-19(3)18(2)24-14-15-28-25(26(24)29)17-30(21-8-6-20(27)7-9-21)34(31,32)23-12-10-22(33-4)11-13-23;/h5-15H,1,16-17H2,2-4H3;1H. The van der Waals surface area contributed by atoms with E-state index in [1.54, 1.807) is 24.4 Å². The van der Waals surface area contributed by atoms with Crippen LogP contribution in [-0.2, 0) is 23.1 Å². The fourth-order valence-corrected chi connectivity index (χ4v) is 5.50. The molecule has 0 aliphatic rings. The van der Waals surface area contributed by atoms with Crippen molar-refractivity contribution in [3.63, 3.8) is 0 Å². The molecule has 0 aliphatic heterocycles. The Morgan fingerprint density at radius 2 is 1.74 bits per heavy atom. The lowest BCUT2D eigenvalue weighted by Gasteiger charge is -2.25. The summed E-state index contributed by atoms with van der Waals surface area (Å²) in [5.41, 5.74) is 3.96. The smallest absolute Gasteiger partial charge is 0.264 e. The first-order chi connectivity index (χ1) is 16.3. The van der Waals surface area contributed by atoms with Gasteiger partial charge in [0.2, 0.25) is 0 Å². The highest BCUT2D eigenvalue weighted by Gasteiger charge is 2.27. The second-order valence-corrected chi connectivity index (χ2v) is 9.79. The number of sulfonamides is 1. The normalized spacial score (nSPS) is 11.2. The van der Waals surface area contributed by atoms with Crippen LogP contribution in [0.3, 0.4) is 0 Å². The minimum atomic E-state index is -4.00. The molecular weight excluding hydrogens is 489 g/mol. The Balaban J connectivity index is 0.00000342. The SMILES string of the molecule is C=CCn1c(C)c(C)c2ccnc(CN(c3ccc(F)cc3)S(=O)(=O)c3ccc(OC)cc3)c21.Cl. The molecule has 0 spiro atoms. The average molecular weight is 516 g/mol. The lowest BCUT2D eigenvalue weighted by atomic mass is 10.1. The van der Waals surface area contributed by atoms with E-state index in [4.69, 9.17) is 4.74 Å². The third-order valence-corrected chi connectivity index (χ3v) is 7.78. The first kappa shape index (κ1) is 26.2. The average Bonchev–Trinajstić information content (AvgIpc) is 3.09. The Bertz CT molecular complexity index is 1450. The van der Waals surface area contributed by atoms with E-state index < -0.39 is 15.8 Å². The van der Waals surface area contributed by atoms with Crippen LogP contribution in [0.1, 0.15) is 17.0 Å². The molecule has 2 heterocycles. The summed E-state index contributed by atoms with van der Waals surface area (Å²) in [5.74, 6) is 0.101. The number of allylic oxidation sites excluding steroid dienone is 1. The highest BCUT2D eigenvalue weighted by Crippen LogP contribution is 2.31. The van der Waals surface area contributed by atoms with Gasteiger partial charge in [-0.25, -0.2) is 12.8 Å². The second-order valence-electron chi connectivity index (χ2n) is 7.93. The van der Waals surface area contributed by atoms with Crippen LogP contribution in [0.25, 0.3) is 10.9 Å². The predicted molar refractivity (Wildman–Crippen MR) is 139 cm³/mol. The van der Waals surface area contributed by atoms with Gasteiger partial charge in [0.05, 0.1) is 35.4 Å². The van der Waals surface area contributed by atoms with E-state index in [-0.39, 0.29) is 23.8 Å². The molecule has 0 saturated heterocycles. The van der Waals surface area contributed by atoms with Gasteiger partial charge in [-0.1, -0.05) is 6.08 Å². The van der Waals surface area contributed by atoms with Crippen LogP contribution >= 0.6 is 12.4 Å². The third kappa shape index (κ3) is 4.90. The maximum Gasteiger partial charge on any atom is 0.264 e. The number of aryl methyl sites for hydroxylation is 1. The molecule has 0 radical (unpaired) electrons. The number of hydrogen-bond acceptors (Lipinski definition) is 4. The number of fused-ring (bicyclic) bond motifs is 1. The monoisotopic (exact) mass is 515 g/mol. The van der Waals surface area contributed by atoms with Crippen LogP contribution in [-0.4, -0.2) is 25.1 Å². The van der Waals surface area contributed by atoms with Crippen molar-refractivity contribution in [2.24, 2.45) is 0 Å². The van der Waals surface area contributed by atoms with Gasteiger partial charge >= 0.3 is 0 Å². The molecular formula is C26H27ClFN3O3S. The lowest BCUT2D eigenvalue weighted by molar-refractivity contribution is 0.414. The van der Waals surface area contributed by atoms with Crippen LogP contribution in [0.5, 0.6) is 5.75 Å². The Morgan fingerprint density at radius 3 is 2.34 bits per heavy atom. The van der Waals surface area contributed by atoms with Crippen molar-refractivity contribution in [1.82, 2.24) is 9.55 Å². The summed E-state index contributed by atoms with van der Waals surface area (Å²) in [6.07, 6.45) is 3.49. The number of halogens is 2. The number of rotatable bonds is 8. The summed E-state index contributed by atoms with van der Waals surface area (Å²) in [5, 5.41) is 1.00. The Hall–Kier alpha value is -3.36. The van der Waals surface area contributed by atoms with Gasteiger partial charge in [0, 0.05) is 23.8 Å². The summed E-state index contributed by atoms with van der Waals surface area (Å²) >= 11 is 0. The van der Waals surface area contributed by atoms with Crippen molar-refractivity contribution < 1.29 is 17.5 Å². The van der Waals surface area contributed by atoms with E-state index >= 15 is 0 Å². The molecule has 184 valence electrons. The maximum atomic E-state index is 13.8. The molecule has 0 N–H and O–H groups in total. The molecule has 2 aromatic heterocycles. The van der Waals surface area contributed by atoms with E-state index in [9.17, 15) is 12.8 Å². The molecule has 2 aromatic carbocycles. The summed E-state index contributed by atoms with van der Waals surface area (Å²) in [6.45, 7) is 8.45. The van der Waals surface area contributed by atoms with Crippen molar-refractivity contribution in [3.05, 3.63) is 96.2 Å². The molecule has 0 fully saturated rings. The van der Waals surface area contributed by atoms with E-state index in [0.29, 0.717) is 23.7 Å². The summed E-state index contributed by atoms with van der Waals surface area (Å²) in [7, 11) is -2.48. The topological polar surface area (TPSA) is 64.4 Å². The van der Waals surface area contributed by atoms with E-state index in [2.05, 4.69) is 16.1 Å². The highest BCUT2D eigenvalue weighted by atomic mass is 35.5. The van der Waals surface area contributed by atoms with E-state index in [1.165, 1.54) is 47.8 Å². The molecule has 0 saturated carbocycles. The Morgan fingerprint density at radius 1 is 1.09 bits per heavy atom. The second kappa shape index (κ2) is 10.5. The molecule has 35 heavy (non-hydrogen) atoms. The fourth-order valence-electron chi connectivity index (χ4n) is 4.07. The first-order valence-electron chi connectivity index (χ1n) is 10.7. The van der Waals surface area contributed by atoms with Crippen molar-refractivity contribution in [1.29, 1.82) is 0 Å². The summed E-state index contributed by atoms with van der Waals surface area (Å²) in [4.78, 5) is 4.66. The number of ether oxygens (including phenoxy) is 1. The van der Waals surface area contributed by atoms with Gasteiger partial charge in [0.25, 0.3) is 10.0 Å². The van der Waals surface area contributed by atoms with Gasteiger partial charge in [-0.2, -0.15) is 0 Å². The Kier molecular flexibility index (Phi) is 7.87. The zero-order valence-electron chi connectivity index (χ0n) is 19.7. The highest BCUT2D eigenvalue weighted by molar-refractivity contribution is 7.92. The van der Waals surface area contributed by atoms with Crippen molar-refractivity contribution >= 4 is 39.0 Å². The van der Waals surface area contributed by atoms with E-state index in [1.807, 2.05) is 19.9 Å². The predicted octanol–water partition coefficient (Wildman–Crippen LogP) is 5.80. The molecule has 0 atom stereocenters. The number of pyridine rings is 1. The van der Waals surface area contributed by atoms with Crippen LogP contribution in [0.4, 0.5) is 10.1 Å². The number of nitrogens with zero attached hydrogens (tertiary/aromatic N) is 3. The van der Waals surface area contributed by atoms with Crippen molar-refractivity contribution in [2.75, 3.05) is 11.4 Å². The number of methoxy groups -OCH3 is 1. The third-order valence-electron chi connectivity index (χ3n) is 5.99. The van der Waals surface area contributed by atoms with Crippen molar-refractivity contribution in [3.8, 4) is 5.75 Å². The minimum absolute atomic E-state index is 0. The van der Waals surface area contributed by atoms with Gasteiger partial charge in [-0.15, -0.1) is 19.0 Å². The lowest BCUT2D eigenvalue weighted by Crippen LogP contribution is -2.31. The van der Waals surface area contributed by atoms with Crippen LogP contribution in [0.15, 0.2) is 78.3 Å². The quantitative estimate of drug-likeness (QED) is 0.278. The van der Waals surface area contributed by atoms with Crippen LogP contribution in [0.2, 0.25) is 0 Å². The summed E-state index contributed by atoms with van der Waals surface area (Å²) in [6, 6.07) is 13.5. The molecule has 4 rings (SSSR count). The molecule has 0 bridgehead atoms. The van der Waals surface area contributed by atoms with E-state index in [0.717, 1.165) is 22.2 Å². The van der Waals surface area contributed by atoms with Crippen LogP contribution < -0.4 is 9.04 Å². The molecule has 6 nitrogen and oxygen atoms in total. The number of aromatic nitrogens is 2. The zero-order valence-corrected chi connectivity index (χ0v) is 21.4.